The molecule has 8 nitrogen and oxygen atoms in total. The number of nitrogens with one attached hydrogen (secondary N) is 3. The van der Waals surface area contributed by atoms with Crippen molar-refractivity contribution in [1.29, 1.82) is 0 Å². The average Bonchev–Trinajstić information content (AvgIpc) is 3.03. The Morgan fingerprint density at radius 1 is 1.06 bits per heavy atom. The Labute approximate surface area is 188 Å². The number of imide groups is 2. The minimum atomic E-state index is -0.942. The quantitative estimate of drug-likeness (QED) is 0.558. The molecule has 1 aromatic carbocycles. The van der Waals surface area contributed by atoms with Gasteiger partial charge in [-0.1, -0.05) is 12.1 Å². The highest BCUT2D eigenvalue weighted by molar-refractivity contribution is 6.24. The lowest BCUT2D eigenvalue weighted by Gasteiger charge is -2.30. The minimum Gasteiger partial charge on any atom is -0.317 e. The molecule has 3 aliphatic heterocycles. The first-order chi connectivity index (χ1) is 15.3. The van der Waals surface area contributed by atoms with Crippen molar-refractivity contribution in [3.63, 3.8) is 0 Å². The number of fused-ring (bicyclic) bond motifs is 1. The summed E-state index contributed by atoms with van der Waals surface area (Å²) in [5, 5.41) is 9.20. The predicted octanol–water partition coefficient (Wildman–Crippen LogP) is 1.74. The van der Waals surface area contributed by atoms with Gasteiger partial charge in [-0.05, 0) is 76.6 Å². The topological polar surface area (TPSA) is 108 Å². The third-order valence-electron chi connectivity index (χ3n) is 6.95. The molecule has 3 heterocycles. The monoisotopic (exact) mass is 440 g/mol. The molecule has 0 radical (unpaired) electrons. The summed E-state index contributed by atoms with van der Waals surface area (Å²) in [5.74, 6) is -1.13. The second-order valence-corrected chi connectivity index (χ2v) is 9.76. The zero-order valence-corrected chi connectivity index (χ0v) is 18.8. The number of benzene rings is 1. The van der Waals surface area contributed by atoms with Crippen molar-refractivity contribution >= 4 is 23.6 Å². The second kappa shape index (κ2) is 9.11. The van der Waals surface area contributed by atoms with E-state index in [1.165, 1.54) is 12.8 Å². The van der Waals surface area contributed by atoms with E-state index in [2.05, 4.69) is 29.8 Å². The van der Waals surface area contributed by atoms with E-state index in [1.807, 2.05) is 6.07 Å². The molecule has 2 fully saturated rings. The highest BCUT2D eigenvalue weighted by Crippen LogP contribution is 2.30. The lowest BCUT2D eigenvalue weighted by atomic mass is 9.87. The molecule has 8 heteroatoms. The number of carbonyl (C=O) groups is 4. The molecule has 0 bridgehead atoms. The van der Waals surface area contributed by atoms with Gasteiger partial charge < -0.3 is 10.6 Å². The third-order valence-corrected chi connectivity index (χ3v) is 6.95. The van der Waals surface area contributed by atoms with E-state index in [9.17, 15) is 19.2 Å². The molecular formula is C24H32N4O4. The fourth-order valence-electron chi connectivity index (χ4n) is 4.89. The summed E-state index contributed by atoms with van der Waals surface area (Å²) < 4.78 is 0. The van der Waals surface area contributed by atoms with Gasteiger partial charge in [-0.3, -0.25) is 29.4 Å². The first-order valence-electron chi connectivity index (χ1n) is 11.6. The van der Waals surface area contributed by atoms with Crippen LogP contribution in [0.4, 0.5) is 0 Å². The van der Waals surface area contributed by atoms with E-state index in [0.29, 0.717) is 17.7 Å². The lowest BCUT2D eigenvalue weighted by Crippen LogP contribution is -2.54. The molecule has 2 saturated heterocycles. The number of hydrogen-bond acceptors (Lipinski definition) is 6. The molecule has 0 aliphatic carbocycles. The number of rotatable bonds is 7. The summed E-state index contributed by atoms with van der Waals surface area (Å²) >= 11 is 0. The van der Waals surface area contributed by atoms with Crippen LogP contribution in [-0.2, 0) is 16.1 Å². The van der Waals surface area contributed by atoms with Crippen molar-refractivity contribution in [2.75, 3.05) is 13.1 Å². The van der Waals surface area contributed by atoms with Crippen LogP contribution >= 0.6 is 0 Å². The van der Waals surface area contributed by atoms with E-state index >= 15 is 0 Å². The van der Waals surface area contributed by atoms with Crippen LogP contribution in [0.1, 0.15) is 78.7 Å². The van der Waals surface area contributed by atoms with Crippen LogP contribution in [0.5, 0.6) is 0 Å². The van der Waals surface area contributed by atoms with E-state index in [0.717, 1.165) is 42.3 Å². The van der Waals surface area contributed by atoms with Crippen LogP contribution in [0.15, 0.2) is 18.2 Å². The van der Waals surface area contributed by atoms with E-state index in [-0.39, 0.29) is 24.3 Å². The van der Waals surface area contributed by atoms with E-state index < -0.39 is 23.8 Å². The van der Waals surface area contributed by atoms with Crippen LogP contribution in [0.3, 0.4) is 0 Å². The van der Waals surface area contributed by atoms with Crippen molar-refractivity contribution in [2.24, 2.45) is 5.92 Å². The van der Waals surface area contributed by atoms with Crippen molar-refractivity contribution in [3.05, 3.63) is 34.9 Å². The fourth-order valence-corrected chi connectivity index (χ4v) is 4.89. The molecule has 3 aliphatic rings. The summed E-state index contributed by atoms with van der Waals surface area (Å²) in [7, 11) is 0. The Morgan fingerprint density at radius 2 is 1.81 bits per heavy atom. The molecule has 1 atom stereocenters. The van der Waals surface area contributed by atoms with Crippen molar-refractivity contribution in [1.82, 2.24) is 20.9 Å². The molecule has 4 amide bonds. The molecule has 172 valence electrons. The SMILES string of the molecule is CC(C)(CCC1CCNCC1)NCc1cccc2c1C(=O)N(C1CCC(=O)NC1=O)C2=O. The van der Waals surface area contributed by atoms with Crippen molar-refractivity contribution < 1.29 is 19.2 Å². The van der Waals surface area contributed by atoms with Gasteiger partial charge in [0.15, 0.2) is 0 Å². The van der Waals surface area contributed by atoms with Gasteiger partial charge in [-0.2, -0.15) is 0 Å². The van der Waals surface area contributed by atoms with Crippen LogP contribution in [0.25, 0.3) is 0 Å². The molecule has 3 N–H and O–H groups in total. The summed E-state index contributed by atoms with van der Waals surface area (Å²) in [6.07, 6.45) is 4.90. The Bertz CT molecular complexity index is 936. The highest BCUT2D eigenvalue weighted by atomic mass is 16.2. The lowest BCUT2D eigenvalue weighted by molar-refractivity contribution is -0.136. The normalized spacial score (nSPS) is 22.3. The second-order valence-electron chi connectivity index (χ2n) is 9.76. The van der Waals surface area contributed by atoms with Gasteiger partial charge in [0.2, 0.25) is 11.8 Å². The van der Waals surface area contributed by atoms with Crippen molar-refractivity contribution in [3.8, 4) is 0 Å². The molecule has 0 spiro atoms. The van der Waals surface area contributed by atoms with Crippen molar-refractivity contribution in [2.45, 2.75) is 70.5 Å². The highest BCUT2D eigenvalue weighted by Gasteiger charge is 2.45. The Kier molecular flexibility index (Phi) is 6.44. The van der Waals surface area contributed by atoms with Crippen LogP contribution in [0, 0.1) is 5.92 Å². The van der Waals surface area contributed by atoms with Gasteiger partial charge in [0.1, 0.15) is 6.04 Å². The summed E-state index contributed by atoms with van der Waals surface area (Å²) in [5.41, 5.74) is 1.34. The molecule has 0 saturated carbocycles. The van der Waals surface area contributed by atoms with Crippen LogP contribution < -0.4 is 16.0 Å². The number of piperidine rings is 2. The van der Waals surface area contributed by atoms with Gasteiger partial charge in [0.05, 0.1) is 11.1 Å². The average molecular weight is 441 g/mol. The van der Waals surface area contributed by atoms with Crippen LogP contribution in [0.2, 0.25) is 0 Å². The smallest absolute Gasteiger partial charge is 0.262 e. The summed E-state index contributed by atoms with van der Waals surface area (Å²) in [4.78, 5) is 51.0. The zero-order chi connectivity index (χ0) is 22.9. The van der Waals surface area contributed by atoms with Gasteiger partial charge in [0.25, 0.3) is 11.8 Å². The minimum absolute atomic E-state index is 0.109. The van der Waals surface area contributed by atoms with E-state index in [4.69, 9.17) is 0 Å². The number of amides is 4. The molecule has 1 unspecified atom stereocenters. The van der Waals surface area contributed by atoms with Gasteiger partial charge in [0, 0.05) is 18.5 Å². The molecule has 0 aromatic heterocycles. The largest absolute Gasteiger partial charge is 0.317 e. The van der Waals surface area contributed by atoms with Gasteiger partial charge in [-0.25, -0.2) is 0 Å². The first-order valence-corrected chi connectivity index (χ1v) is 11.6. The fraction of sp³-hybridized carbons (Fsp3) is 0.583. The van der Waals surface area contributed by atoms with Gasteiger partial charge >= 0.3 is 0 Å². The molecule has 32 heavy (non-hydrogen) atoms. The predicted molar refractivity (Wildman–Crippen MR) is 119 cm³/mol. The maximum Gasteiger partial charge on any atom is 0.262 e. The maximum absolute atomic E-state index is 13.2. The number of hydrogen-bond donors (Lipinski definition) is 3. The zero-order valence-electron chi connectivity index (χ0n) is 18.8. The summed E-state index contributed by atoms with van der Waals surface area (Å²) in [6.45, 7) is 6.98. The third kappa shape index (κ3) is 4.61. The summed E-state index contributed by atoms with van der Waals surface area (Å²) in [6, 6.07) is 4.32. The molecular weight excluding hydrogens is 408 g/mol. The first kappa shape index (κ1) is 22.6. The Balaban J connectivity index is 1.44. The Morgan fingerprint density at radius 3 is 2.53 bits per heavy atom. The maximum atomic E-state index is 13.2. The van der Waals surface area contributed by atoms with E-state index in [1.54, 1.807) is 12.1 Å². The van der Waals surface area contributed by atoms with Gasteiger partial charge in [-0.15, -0.1) is 0 Å². The molecule has 4 rings (SSSR count). The number of nitrogens with zero attached hydrogens (tertiary/aromatic N) is 1. The Hall–Kier alpha value is -2.58. The van der Waals surface area contributed by atoms with Crippen LogP contribution in [-0.4, -0.2) is 53.2 Å². The molecule has 1 aromatic rings. The standard InChI is InChI=1S/C24H32N4O4/c1-24(2,11-8-15-9-12-25-13-10-15)26-14-16-4-3-5-17-20(16)23(32)28(22(17)31)18-6-7-19(29)27-21(18)30/h3-5,15,18,25-26H,6-14H2,1-2H3,(H,27,29,30). The number of carbonyl (C=O) groups excluding carboxylic acids is 4.